The average molecular weight is 225 g/mol. The van der Waals surface area contributed by atoms with Crippen LogP contribution < -0.4 is 5.73 Å². The summed E-state index contributed by atoms with van der Waals surface area (Å²) < 4.78 is 0. The van der Waals surface area contributed by atoms with E-state index in [0.717, 1.165) is 0 Å². The lowest BCUT2D eigenvalue weighted by molar-refractivity contribution is -0.134. The van der Waals surface area contributed by atoms with Gasteiger partial charge in [0.25, 0.3) is 0 Å². The van der Waals surface area contributed by atoms with Crippen LogP contribution in [0.5, 0.6) is 0 Å². The van der Waals surface area contributed by atoms with Crippen LogP contribution in [-0.4, -0.2) is 50.1 Å². The Labute approximate surface area is 92.8 Å². The molecule has 0 unspecified atom stereocenters. The highest BCUT2D eigenvalue weighted by Gasteiger charge is 2.21. The number of likely N-dealkylation sites (tertiary alicyclic amines) is 1. The molecule has 0 atom stereocenters. The highest BCUT2D eigenvalue weighted by Crippen LogP contribution is 2.10. The maximum absolute atomic E-state index is 11.8. The van der Waals surface area contributed by atoms with E-state index in [1.54, 1.807) is 4.90 Å². The third-order valence-corrected chi connectivity index (χ3v) is 2.65. The van der Waals surface area contributed by atoms with E-state index >= 15 is 0 Å². The van der Waals surface area contributed by atoms with Gasteiger partial charge in [-0.1, -0.05) is 0 Å². The minimum Gasteiger partial charge on any atom is -0.393 e. The lowest BCUT2D eigenvalue weighted by Crippen LogP contribution is -2.41. The zero-order chi connectivity index (χ0) is 11.5. The van der Waals surface area contributed by atoms with Gasteiger partial charge in [0.2, 0.25) is 5.91 Å². The Bertz CT molecular complexity index is 370. The number of rotatable bonds is 2. The zero-order valence-corrected chi connectivity index (χ0v) is 8.91. The van der Waals surface area contributed by atoms with E-state index in [9.17, 15) is 9.90 Å². The summed E-state index contributed by atoms with van der Waals surface area (Å²) in [4.78, 5) is 14.8. The highest BCUT2D eigenvalue weighted by molar-refractivity contribution is 5.75. The summed E-state index contributed by atoms with van der Waals surface area (Å²) in [5.74, 6) is 0.268. The van der Waals surface area contributed by atoms with Crippen LogP contribution in [0.2, 0.25) is 0 Å². The van der Waals surface area contributed by atoms with Gasteiger partial charge in [0.1, 0.15) is 6.54 Å². The first-order chi connectivity index (χ1) is 7.65. The molecular formula is C9H15N5O2. The average Bonchev–Trinajstić information content (AvgIpc) is 2.65. The van der Waals surface area contributed by atoms with E-state index in [-0.39, 0.29) is 18.6 Å². The second kappa shape index (κ2) is 4.48. The molecule has 1 aliphatic rings. The van der Waals surface area contributed by atoms with E-state index in [4.69, 9.17) is 5.73 Å². The summed E-state index contributed by atoms with van der Waals surface area (Å²) in [6.07, 6.45) is 2.41. The quantitative estimate of drug-likeness (QED) is 0.662. The summed E-state index contributed by atoms with van der Waals surface area (Å²) >= 11 is 0. The Morgan fingerprint density at radius 2 is 2.25 bits per heavy atom. The smallest absolute Gasteiger partial charge is 0.246 e. The summed E-state index contributed by atoms with van der Waals surface area (Å²) in [6, 6.07) is 0. The Morgan fingerprint density at radius 3 is 2.81 bits per heavy atom. The fourth-order valence-electron chi connectivity index (χ4n) is 1.72. The molecule has 3 N–H and O–H groups in total. The number of aromatic nitrogens is 3. The number of aliphatic hydroxyl groups excluding tert-OH is 1. The van der Waals surface area contributed by atoms with Crippen molar-refractivity contribution in [1.82, 2.24) is 19.9 Å². The number of carbonyl (C=O) groups excluding carboxylic acids is 1. The molecule has 16 heavy (non-hydrogen) atoms. The number of nitrogens with zero attached hydrogens (tertiary/aromatic N) is 4. The second-order valence-electron chi connectivity index (χ2n) is 3.91. The molecule has 1 saturated heterocycles. The van der Waals surface area contributed by atoms with Crippen molar-refractivity contribution in [2.45, 2.75) is 25.5 Å². The van der Waals surface area contributed by atoms with Gasteiger partial charge in [0.05, 0.1) is 12.3 Å². The number of aliphatic hydroxyl groups is 1. The lowest BCUT2D eigenvalue weighted by atomic mass is 10.1. The third-order valence-electron chi connectivity index (χ3n) is 2.65. The molecule has 2 rings (SSSR count). The van der Waals surface area contributed by atoms with Gasteiger partial charge < -0.3 is 15.7 Å². The fraction of sp³-hybridized carbons (Fsp3) is 0.667. The van der Waals surface area contributed by atoms with Gasteiger partial charge in [-0.05, 0) is 12.8 Å². The van der Waals surface area contributed by atoms with Gasteiger partial charge in [-0.15, -0.1) is 5.10 Å². The molecule has 1 aromatic heterocycles. The minimum absolute atomic E-state index is 0.0394. The number of amides is 1. The Morgan fingerprint density at radius 1 is 1.56 bits per heavy atom. The van der Waals surface area contributed by atoms with Crippen molar-refractivity contribution in [2.75, 3.05) is 18.8 Å². The standard InChI is InChI=1S/C9H15N5O2/c10-8-5-11-14(12-8)6-9(16)13-3-1-7(15)2-4-13/h5,7,15H,1-4,6H2,(H2,10,12). The van der Waals surface area contributed by atoms with Crippen LogP contribution in [0.25, 0.3) is 0 Å². The maximum atomic E-state index is 11.8. The summed E-state index contributed by atoms with van der Waals surface area (Å²) in [5, 5.41) is 17.0. The van der Waals surface area contributed by atoms with Crippen LogP contribution in [0.1, 0.15) is 12.8 Å². The first kappa shape index (κ1) is 10.9. The van der Waals surface area contributed by atoms with Gasteiger partial charge in [0.15, 0.2) is 5.82 Å². The maximum Gasteiger partial charge on any atom is 0.246 e. The molecule has 2 heterocycles. The second-order valence-corrected chi connectivity index (χ2v) is 3.91. The predicted octanol–water partition coefficient (Wildman–Crippen LogP) is -1.16. The monoisotopic (exact) mass is 225 g/mol. The van der Waals surface area contributed by atoms with Crippen LogP contribution >= 0.6 is 0 Å². The first-order valence-corrected chi connectivity index (χ1v) is 5.26. The SMILES string of the molecule is Nc1cnn(CC(=O)N2CCC(O)CC2)n1. The van der Waals surface area contributed by atoms with E-state index in [0.29, 0.717) is 31.7 Å². The van der Waals surface area contributed by atoms with Gasteiger partial charge in [-0.2, -0.15) is 9.90 Å². The van der Waals surface area contributed by atoms with Crippen molar-refractivity contribution in [3.8, 4) is 0 Å². The fourth-order valence-corrected chi connectivity index (χ4v) is 1.72. The predicted molar refractivity (Wildman–Crippen MR) is 56.3 cm³/mol. The Hall–Kier alpha value is -1.63. The van der Waals surface area contributed by atoms with E-state index < -0.39 is 0 Å². The molecular weight excluding hydrogens is 210 g/mol. The summed E-state index contributed by atoms with van der Waals surface area (Å²) in [5.41, 5.74) is 5.40. The van der Waals surface area contributed by atoms with Gasteiger partial charge >= 0.3 is 0 Å². The highest BCUT2D eigenvalue weighted by atomic mass is 16.3. The molecule has 1 amide bonds. The Kier molecular flexibility index (Phi) is 3.04. The van der Waals surface area contributed by atoms with Gasteiger partial charge in [-0.25, -0.2) is 0 Å². The van der Waals surface area contributed by atoms with E-state index in [1.165, 1.54) is 11.0 Å². The molecule has 0 bridgehead atoms. The molecule has 1 aromatic rings. The van der Waals surface area contributed by atoms with Crippen molar-refractivity contribution >= 4 is 11.7 Å². The number of nitrogens with two attached hydrogens (primary N) is 1. The van der Waals surface area contributed by atoms with Crippen molar-refractivity contribution in [2.24, 2.45) is 0 Å². The van der Waals surface area contributed by atoms with Crippen LogP contribution in [0, 0.1) is 0 Å². The molecule has 7 nitrogen and oxygen atoms in total. The van der Waals surface area contributed by atoms with Crippen LogP contribution in [-0.2, 0) is 11.3 Å². The summed E-state index contributed by atoms with van der Waals surface area (Å²) in [7, 11) is 0. The lowest BCUT2D eigenvalue weighted by Gasteiger charge is -2.29. The number of piperidine rings is 1. The molecule has 88 valence electrons. The molecule has 7 heteroatoms. The topological polar surface area (TPSA) is 97.3 Å². The number of hydrogen-bond acceptors (Lipinski definition) is 5. The van der Waals surface area contributed by atoms with E-state index in [2.05, 4.69) is 10.2 Å². The summed E-state index contributed by atoms with van der Waals surface area (Å²) in [6.45, 7) is 1.29. The van der Waals surface area contributed by atoms with Gasteiger partial charge in [-0.3, -0.25) is 4.79 Å². The molecule has 0 spiro atoms. The molecule has 1 aliphatic heterocycles. The minimum atomic E-state index is -0.275. The van der Waals surface area contributed by atoms with Crippen LogP contribution in [0.4, 0.5) is 5.82 Å². The van der Waals surface area contributed by atoms with Crippen LogP contribution in [0.15, 0.2) is 6.20 Å². The van der Waals surface area contributed by atoms with E-state index in [1.807, 2.05) is 0 Å². The van der Waals surface area contributed by atoms with Crippen LogP contribution in [0.3, 0.4) is 0 Å². The molecule has 0 saturated carbocycles. The zero-order valence-electron chi connectivity index (χ0n) is 8.91. The number of nitrogen functional groups attached to an aromatic ring is 1. The Balaban J connectivity index is 1.88. The first-order valence-electron chi connectivity index (χ1n) is 5.26. The molecule has 0 aromatic carbocycles. The molecule has 0 aliphatic carbocycles. The van der Waals surface area contributed by atoms with Gasteiger partial charge in [0, 0.05) is 13.1 Å². The normalized spacial score (nSPS) is 17.7. The van der Waals surface area contributed by atoms with Crippen molar-refractivity contribution in [1.29, 1.82) is 0 Å². The molecule has 1 fully saturated rings. The third kappa shape index (κ3) is 2.48. The number of carbonyl (C=O) groups is 1. The van der Waals surface area contributed by atoms with Crippen molar-refractivity contribution in [3.05, 3.63) is 6.20 Å². The largest absolute Gasteiger partial charge is 0.393 e. The van der Waals surface area contributed by atoms with Crippen molar-refractivity contribution < 1.29 is 9.90 Å². The number of hydrogen-bond donors (Lipinski definition) is 2. The number of anilines is 1. The molecule has 0 radical (unpaired) electrons. The van der Waals surface area contributed by atoms with Crippen molar-refractivity contribution in [3.63, 3.8) is 0 Å².